The van der Waals surface area contributed by atoms with Crippen molar-refractivity contribution in [3.8, 4) is 0 Å². The fourth-order valence-electron chi connectivity index (χ4n) is 2.63. The second-order valence-corrected chi connectivity index (χ2v) is 6.01. The maximum absolute atomic E-state index is 5.10. The molecule has 0 radical (unpaired) electrons. The number of aromatic nitrogens is 4. The molecular formula is C16H28IN7O. The van der Waals surface area contributed by atoms with E-state index in [-0.39, 0.29) is 30.0 Å². The summed E-state index contributed by atoms with van der Waals surface area (Å²) in [5.74, 6) is 2.05. The molecule has 0 aliphatic heterocycles. The molecule has 0 aliphatic carbocycles. The SMILES string of the molecule is CN=C(NCCc1nc(C)no1)NC(C)Cc1c(C)nn(C)c1C.I. The molecule has 140 valence electrons. The van der Waals surface area contributed by atoms with E-state index >= 15 is 0 Å². The first-order chi connectivity index (χ1) is 11.4. The number of hydrogen-bond acceptors (Lipinski definition) is 5. The van der Waals surface area contributed by atoms with Gasteiger partial charge >= 0.3 is 0 Å². The Morgan fingerprint density at radius 1 is 1.32 bits per heavy atom. The molecule has 2 N–H and O–H groups in total. The number of hydrogen-bond donors (Lipinski definition) is 2. The van der Waals surface area contributed by atoms with Crippen LogP contribution in [0.1, 0.15) is 35.6 Å². The first-order valence-electron chi connectivity index (χ1n) is 8.16. The summed E-state index contributed by atoms with van der Waals surface area (Å²) in [4.78, 5) is 8.45. The lowest BCUT2D eigenvalue weighted by Crippen LogP contribution is -2.43. The number of nitrogens with zero attached hydrogens (tertiary/aromatic N) is 5. The standard InChI is InChI=1S/C16H27N7O.HI/c1-10(9-14-11(2)21-23(6)12(14)3)19-16(17-5)18-8-7-15-20-13(4)22-24-15;/h10H,7-9H2,1-6H3,(H2,17,18,19);1H. The molecule has 2 aromatic rings. The van der Waals surface area contributed by atoms with Gasteiger partial charge in [-0.15, -0.1) is 24.0 Å². The maximum Gasteiger partial charge on any atom is 0.228 e. The quantitative estimate of drug-likeness (QED) is 0.387. The van der Waals surface area contributed by atoms with Crippen LogP contribution in [0, 0.1) is 20.8 Å². The van der Waals surface area contributed by atoms with Gasteiger partial charge in [0.2, 0.25) is 5.89 Å². The van der Waals surface area contributed by atoms with Gasteiger partial charge in [0.1, 0.15) is 0 Å². The molecule has 2 heterocycles. The molecule has 0 bridgehead atoms. The van der Waals surface area contributed by atoms with E-state index < -0.39 is 0 Å². The average molecular weight is 461 g/mol. The molecule has 2 rings (SSSR count). The van der Waals surface area contributed by atoms with Crippen LogP contribution in [0.3, 0.4) is 0 Å². The number of rotatable bonds is 6. The third-order valence-electron chi connectivity index (χ3n) is 3.98. The fourth-order valence-corrected chi connectivity index (χ4v) is 2.63. The number of aryl methyl sites for hydroxylation is 3. The summed E-state index contributed by atoms with van der Waals surface area (Å²) in [5, 5.41) is 14.9. The van der Waals surface area contributed by atoms with Gasteiger partial charge in [-0.25, -0.2) is 0 Å². The summed E-state index contributed by atoms with van der Waals surface area (Å²) < 4.78 is 7.03. The molecule has 8 nitrogen and oxygen atoms in total. The highest BCUT2D eigenvalue weighted by molar-refractivity contribution is 14.0. The molecule has 0 aliphatic rings. The van der Waals surface area contributed by atoms with Crippen molar-refractivity contribution in [2.45, 2.75) is 46.6 Å². The highest BCUT2D eigenvalue weighted by Crippen LogP contribution is 2.14. The molecular weight excluding hydrogens is 433 g/mol. The van der Waals surface area contributed by atoms with Gasteiger partial charge in [0, 0.05) is 38.8 Å². The van der Waals surface area contributed by atoms with Crippen LogP contribution in [0.15, 0.2) is 9.52 Å². The molecule has 0 aromatic carbocycles. The molecule has 0 amide bonds. The van der Waals surface area contributed by atoms with Gasteiger partial charge in [-0.05, 0) is 39.7 Å². The van der Waals surface area contributed by atoms with Crippen molar-refractivity contribution in [1.82, 2.24) is 30.6 Å². The first kappa shape index (κ1) is 21.4. The Morgan fingerprint density at radius 3 is 2.56 bits per heavy atom. The van der Waals surface area contributed by atoms with Crippen LogP contribution >= 0.6 is 24.0 Å². The van der Waals surface area contributed by atoms with Crippen LogP contribution in [-0.2, 0) is 19.9 Å². The largest absolute Gasteiger partial charge is 0.356 e. The zero-order valence-electron chi connectivity index (χ0n) is 15.8. The summed E-state index contributed by atoms with van der Waals surface area (Å²) in [6, 6.07) is 0.239. The molecule has 0 fully saturated rings. The summed E-state index contributed by atoms with van der Waals surface area (Å²) >= 11 is 0. The maximum atomic E-state index is 5.10. The van der Waals surface area contributed by atoms with Gasteiger partial charge in [-0.3, -0.25) is 9.67 Å². The van der Waals surface area contributed by atoms with E-state index in [9.17, 15) is 0 Å². The van der Waals surface area contributed by atoms with Gasteiger partial charge in [0.15, 0.2) is 11.8 Å². The third-order valence-corrected chi connectivity index (χ3v) is 3.98. The van der Waals surface area contributed by atoms with Crippen molar-refractivity contribution in [3.63, 3.8) is 0 Å². The van der Waals surface area contributed by atoms with Crippen molar-refractivity contribution in [2.24, 2.45) is 12.0 Å². The minimum Gasteiger partial charge on any atom is -0.356 e. The topological polar surface area (TPSA) is 93.2 Å². The fraction of sp³-hybridized carbons (Fsp3) is 0.625. The van der Waals surface area contributed by atoms with E-state index in [2.05, 4.69) is 51.6 Å². The van der Waals surface area contributed by atoms with Crippen molar-refractivity contribution in [2.75, 3.05) is 13.6 Å². The van der Waals surface area contributed by atoms with Crippen LogP contribution < -0.4 is 10.6 Å². The average Bonchev–Trinajstić information content (AvgIpc) is 3.05. The lowest BCUT2D eigenvalue weighted by Gasteiger charge is -2.18. The second-order valence-electron chi connectivity index (χ2n) is 6.01. The summed E-state index contributed by atoms with van der Waals surface area (Å²) in [7, 11) is 3.74. The Labute approximate surface area is 165 Å². The van der Waals surface area contributed by atoms with E-state index in [1.54, 1.807) is 7.05 Å². The first-order valence-corrected chi connectivity index (χ1v) is 8.16. The lowest BCUT2D eigenvalue weighted by molar-refractivity contribution is 0.374. The molecule has 1 unspecified atom stereocenters. The van der Waals surface area contributed by atoms with E-state index in [0.717, 1.165) is 18.1 Å². The van der Waals surface area contributed by atoms with Gasteiger partial charge < -0.3 is 15.2 Å². The zero-order chi connectivity index (χ0) is 17.7. The number of guanidine groups is 1. The van der Waals surface area contributed by atoms with Crippen LogP contribution in [0.2, 0.25) is 0 Å². The highest BCUT2D eigenvalue weighted by Gasteiger charge is 2.14. The molecule has 1 atom stereocenters. The second kappa shape index (κ2) is 9.73. The summed E-state index contributed by atoms with van der Waals surface area (Å²) in [5.41, 5.74) is 3.57. The smallest absolute Gasteiger partial charge is 0.228 e. The van der Waals surface area contributed by atoms with Gasteiger partial charge in [-0.2, -0.15) is 10.1 Å². The van der Waals surface area contributed by atoms with Gasteiger partial charge in [0.05, 0.1) is 5.69 Å². The number of aliphatic imine (C=N–C) groups is 1. The van der Waals surface area contributed by atoms with Crippen molar-refractivity contribution < 1.29 is 4.52 Å². The van der Waals surface area contributed by atoms with E-state index in [0.29, 0.717) is 24.7 Å². The van der Waals surface area contributed by atoms with Crippen LogP contribution in [-0.4, -0.2) is 45.5 Å². The van der Waals surface area contributed by atoms with Crippen molar-refractivity contribution >= 4 is 29.9 Å². The Morgan fingerprint density at radius 2 is 2.04 bits per heavy atom. The minimum atomic E-state index is 0. The highest BCUT2D eigenvalue weighted by atomic mass is 127. The minimum absolute atomic E-state index is 0. The third kappa shape index (κ3) is 5.98. The van der Waals surface area contributed by atoms with E-state index in [1.165, 1.54) is 11.3 Å². The molecule has 25 heavy (non-hydrogen) atoms. The molecule has 0 spiro atoms. The van der Waals surface area contributed by atoms with E-state index in [4.69, 9.17) is 4.52 Å². The van der Waals surface area contributed by atoms with Crippen LogP contribution in [0.5, 0.6) is 0 Å². The number of halogens is 1. The predicted octanol–water partition coefficient (Wildman–Crippen LogP) is 1.69. The monoisotopic (exact) mass is 461 g/mol. The van der Waals surface area contributed by atoms with Crippen molar-refractivity contribution in [1.29, 1.82) is 0 Å². The normalized spacial score (nSPS) is 12.6. The van der Waals surface area contributed by atoms with Crippen molar-refractivity contribution in [3.05, 3.63) is 28.7 Å². The Bertz CT molecular complexity index is 707. The van der Waals surface area contributed by atoms with Gasteiger partial charge in [-0.1, -0.05) is 5.16 Å². The van der Waals surface area contributed by atoms with Crippen LogP contribution in [0.4, 0.5) is 0 Å². The van der Waals surface area contributed by atoms with Crippen LogP contribution in [0.25, 0.3) is 0 Å². The molecule has 2 aromatic heterocycles. The molecule has 0 saturated carbocycles. The Balaban J connectivity index is 0.00000312. The summed E-state index contributed by atoms with van der Waals surface area (Å²) in [6.45, 7) is 8.78. The number of nitrogens with one attached hydrogen (secondary N) is 2. The Hall–Kier alpha value is -1.65. The molecule has 0 saturated heterocycles. The van der Waals surface area contributed by atoms with E-state index in [1.807, 2.05) is 18.7 Å². The predicted molar refractivity (Wildman–Crippen MR) is 108 cm³/mol. The van der Waals surface area contributed by atoms with Gasteiger partial charge in [0.25, 0.3) is 0 Å². The lowest BCUT2D eigenvalue weighted by atomic mass is 10.1. The Kier molecular flexibility index (Phi) is 8.33. The summed E-state index contributed by atoms with van der Waals surface area (Å²) in [6.07, 6.45) is 1.56. The molecule has 9 heteroatoms. The zero-order valence-corrected chi connectivity index (χ0v) is 18.1.